The lowest BCUT2D eigenvalue weighted by molar-refractivity contribution is 0.759. The van der Waals surface area contributed by atoms with Crippen LogP contribution in [0.4, 0.5) is 0 Å². The third kappa shape index (κ3) is 2.35. The van der Waals surface area contributed by atoms with E-state index in [1.165, 1.54) is 22.5 Å². The summed E-state index contributed by atoms with van der Waals surface area (Å²) in [5, 5.41) is 0. The molecule has 98 valence electrons. The minimum Gasteiger partial charge on any atom is -0.344 e. The van der Waals surface area contributed by atoms with Gasteiger partial charge in [-0.05, 0) is 37.0 Å². The van der Waals surface area contributed by atoms with Crippen LogP contribution in [-0.2, 0) is 7.05 Å². The molecule has 0 bridgehead atoms. The van der Waals surface area contributed by atoms with Crippen LogP contribution < -0.4 is 0 Å². The van der Waals surface area contributed by atoms with Gasteiger partial charge in [-0.3, -0.25) is 0 Å². The summed E-state index contributed by atoms with van der Waals surface area (Å²) in [6, 6.07) is 0. The maximum atomic E-state index is 3.92. The molecule has 0 radical (unpaired) electrons. The highest BCUT2D eigenvalue weighted by Crippen LogP contribution is 2.36. The topological polar surface area (TPSA) is 4.93 Å². The number of fused-ring (bicyclic) bond motifs is 1. The van der Waals surface area contributed by atoms with Gasteiger partial charge in [-0.15, -0.1) is 0 Å². The molecule has 2 rings (SSSR count). The van der Waals surface area contributed by atoms with Gasteiger partial charge in [0.1, 0.15) is 0 Å². The predicted octanol–water partition coefficient (Wildman–Crippen LogP) is 5.25. The quantitative estimate of drug-likeness (QED) is 0.668. The highest BCUT2D eigenvalue weighted by molar-refractivity contribution is 5.73. The fourth-order valence-electron chi connectivity index (χ4n) is 2.58. The molecular formula is C17H25N. The molecule has 0 aromatic carbocycles. The van der Waals surface area contributed by atoms with E-state index in [0.717, 1.165) is 6.42 Å². The van der Waals surface area contributed by atoms with Crippen molar-refractivity contribution in [3.63, 3.8) is 0 Å². The van der Waals surface area contributed by atoms with Gasteiger partial charge in [-0.25, -0.2) is 0 Å². The van der Waals surface area contributed by atoms with E-state index in [9.17, 15) is 0 Å². The highest BCUT2D eigenvalue weighted by Gasteiger charge is 2.22. The molecule has 1 unspecified atom stereocenters. The summed E-state index contributed by atoms with van der Waals surface area (Å²) in [6.07, 6.45) is 11.9. The van der Waals surface area contributed by atoms with Crippen molar-refractivity contribution in [2.75, 3.05) is 0 Å². The minimum absolute atomic E-state index is 0.603. The molecule has 0 fully saturated rings. The molecule has 1 aromatic rings. The minimum atomic E-state index is 0.603. The van der Waals surface area contributed by atoms with E-state index < -0.39 is 0 Å². The third-order valence-corrected chi connectivity index (χ3v) is 3.35. The largest absolute Gasteiger partial charge is 0.344 e. The van der Waals surface area contributed by atoms with Gasteiger partial charge >= 0.3 is 0 Å². The number of hydrogen-bond acceptors (Lipinski definition) is 0. The molecule has 18 heavy (non-hydrogen) atoms. The van der Waals surface area contributed by atoms with Gasteiger partial charge in [0.05, 0.1) is 0 Å². The Labute approximate surface area is 112 Å². The first-order chi connectivity index (χ1) is 8.70. The van der Waals surface area contributed by atoms with Gasteiger partial charge < -0.3 is 4.57 Å². The number of aromatic nitrogens is 1. The fourth-order valence-corrected chi connectivity index (χ4v) is 2.58. The molecular weight excluding hydrogens is 218 g/mol. The smallest absolute Gasteiger partial charge is 0.0479 e. The SMILES string of the molecule is C=Cc1c(/C=C\C)c2c(n1C)C=CCC2C.CC. The maximum Gasteiger partial charge on any atom is 0.0479 e. The van der Waals surface area contributed by atoms with Crippen molar-refractivity contribution in [3.05, 3.63) is 41.2 Å². The van der Waals surface area contributed by atoms with Crippen molar-refractivity contribution in [1.29, 1.82) is 0 Å². The van der Waals surface area contributed by atoms with Gasteiger partial charge in [0.25, 0.3) is 0 Å². The van der Waals surface area contributed by atoms with E-state index in [2.05, 4.69) is 56.3 Å². The molecule has 1 aliphatic rings. The molecule has 1 heterocycles. The third-order valence-electron chi connectivity index (χ3n) is 3.35. The van der Waals surface area contributed by atoms with E-state index in [1.807, 2.05) is 19.9 Å². The van der Waals surface area contributed by atoms with Crippen molar-refractivity contribution < 1.29 is 0 Å². The Balaban J connectivity index is 0.000000771. The first kappa shape index (κ1) is 14.6. The zero-order valence-electron chi connectivity index (χ0n) is 12.3. The number of hydrogen-bond donors (Lipinski definition) is 0. The summed E-state index contributed by atoms with van der Waals surface area (Å²) in [4.78, 5) is 0. The summed E-state index contributed by atoms with van der Waals surface area (Å²) in [7, 11) is 2.12. The van der Waals surface area contributed by atoms with Gasteiger partial charge in [0, 0.05) is 24.0 Å². The Kier molecular flexibility index (Phi) is 5.21. The monoisotopic (exact) mass is 243 g/mol. The molecule has 1 aromatic heterocycles. The van der Waals surface area contributed by atoms with Crippen LogP contribution in [0.2, 0.25) is 0 Å². The maximum absolute atomic E-state index is 3.92. The molecule has 1 aliphatic carbocycles. The molecule has 0 aliphatic heterocycles. The van der Waals surface area contributed by atoms with Crippen molar-refractivity contribution in [2.24, 2.45) is 7.05 Å². The van der Waals surface area contributed by atoms with Crippen LogP contribution in [-0.4, -0.2) is 4.57 Å². The van der Waals surface area contributed by atoms with Gasteiger partial charge in [-0.2, -0.15) is 0 Å². The molecule has 0 amide bonds. The molecule has 1 heteroatoms. The Hall–Kier alpha value is -1.50. The van der Waals surface area contributed by atoms with Crippen molar-refractivity contribution in [3.8, 4) is 0 Å². The van der Waals surface area contributed by atoms with Crippen molar-refractivity contribution in [1.82, 2.24) is 4.57 Å². The molecule has 0 saturated heterocycles. The van der Waals surface area contributed by atoms with E-state index in [0.29, 0.717) is 5.92 Å². The Morgan fingerprint density at radius 3 is 2.61 bits per heavy atom. The lowest BCUT2D eigenvalue weighted by atomic mass is 9.89. The molecule has 0 saturated carbocycles. The molecule has 1 nitrogen and oxygen atoms in total. The molecule has 0 spiro atoms. The van der Waals surface area contributed by atoms with Crippen molar-refractivity contribution in [2.45, 2.75) is 40.0 Å². The average molecular weight is 243 g/mol. The van der Waals surface area contributed by atoms with E-state index in [1.54, 1.807) is 0 Å². The highest BCUT2D eigenvalue weighted by atomic mass is 15.0. The Morgan fingerprint density at radius 1 is 1.39 bits per heavy atom. The average Bonchev–Trinajstić information content (AvgIpc) is 2.67. The second kappa shape index (κ2) is 6.44. The number of nitrogens with zero attached hydrogens (tertiary/aromatic N) is 1. The first-order valence-corrected chi connectivity index (χ1v) is 6.85. The first-order valence-electron chi connectivity index (χ1n) is 6.85. The predicted molar refractivity (Wildman–Crippen MR) is 83.6 cm³/mol. The van der Waals surface area contributed by atoms with Crippen LogP contribution in [0.3, 0.4) is 0 Å². The standard InChI is InChI=1S/C15H19N.C2H6/c1-5-8-12-13(6-2)16(4)14-10-7-9-11(3)15(12)14;1-2/h5-8,10-11H,2,9H2,1,3-4H3;1-2H3/b8-5-;. The zero-order valence-corrected chi connectivity index (χ0v) is 12.3. The van der Waals surface area contributed by atoms with Crippen LogP contribution in [0, 0.1) is 0 Å². The summed E-state index contributed by atoms with van der Waals surface area (Å²) in [5.74, 6) is 0.603. The van der Waals surface area contributed by atoms with Crippen LogP contribution in [0.25, 0.3) is 18.2 Å². The second-order valence-electron chi connectivity index (χ2n) is 4.40. The molecule has 0 N–H and O–H groups in total. The van der Waals surface area contributed by atoms with Crippen LogP contribution in [0.5, 0.6) is 0 Å². The van der Waals surface area contributed by atoms with E-state index >= 15 is 0 Å². The fraction of sp³-hybridized carbons (Fsp3) is 0.412. The Morgan fingerprint density at radius 2 is 2.06 bits per heavy atom. The van der Waals surface area contributed by atoms with E-state index in [4.69, 9.17) is 0 Å². The Bertz CT molecular complexity index is 472. The van der Waals surface area contributed by atoms with Gasteiger partial charge in [0.2, 0.25) is 0 Å². The van der Waals surface area contributed by atoms with Crippen LogP contribution in [0.15, 0.2) is 18.7 Å². The number of rotatable bonds is 2. The van der Waals surface area contributed by atoms with E-state index in [-0.39, 0.29) is 0 Å². The lowest BCUT2D eigenvalue weighted by Gasteiger charge is -2.15. The second-order valence-corrected chi connectivity index (χ2v) is 4.40. The van der Waals surface area contributed by atoms with Gasteiger partial charge in [-0.1, -0.05) is 45.6 Å². The normalized spacial score (nSPS) is 17.3. The number of allylic oxidation sites excluding steroid dienone is 2. The molecule has 1 atom stereocenters. The van der Waals surface area contributed by atoms with Crippen LogP contribution in [0.1, 0.15) is 62.5 Å². The summed E-state index contributed by atoms with van der Waals surface area (Å²) < 4.78 is 2.24. The lowest BCUT2D eigenvalue weighted by Crippen LogP contribution is -2.01. The zero-order chi connectivity index (χ0) is 13.7. The van der Waals surface area contributed by atoms with Gasteiger partial charge in [0.15, 0.2) is 0 Å². The van der Waals surface area contributed by atoms with Crippen LogP contribution >= 0.6 is 0 Å². The summed E-state index contributed by atoms with van der Waals surface area (Å²) in [6.45, 7) is 12.3. The van der Waals surface area contributed by atoms with Crippen molar-refractivity contribution >= 4 is 18.2 Å². The summed E-state index contributed by atoms with van der Waals surface area (Å²) >= 11 is 0. The summed E-state index contributed by atoms with van der Waals surface area (Å²) in [5.41, 5.74) is 5.37.